The first-order valence-electron chi connectivity index (χ1n) is 5.82. The van der Waals surface area contributed by atoms with Gasteiger partial charge >= 0.3 is 0 Å². The van der Waals surface area contributed by atoms with Crippen molar-refractivity contribution in [3.63, 3.8) is 0 Å². The summed E-state index contributed by atoms with van der Waals surface area (Å²) in [6.07, 6.45) is 6.62. The average molecular weight is 268 g/mol. The average Bonchev–Trinajstić information content (AvgIpc) is 2.50. The first-order chi connectivity index (χ1) is 7.34. The van der Waals surface area contributed by atoms with Crippen molar-refractivity contribution in [2.24, 2.45) is 0 Å². The number of nitrogens with one attached hydrogen (secondary N) is 1. The van der Waals surface area contributed by atoms with Gasteiger partial charge < -0.3 is 5.32 Å². The van der Waals surface area contributed by atoms with Crippen LogP contribution in [0.4, 0.5) is 0 Å². The van der Waals surface area contributed by atoms with E-state index >= 15 is 0 Å². The Labute approximate surface area is 100 Å². The summed E-state index contributed by atoms with van der Waals surface area (Å²) in [6.45, 7) is 1.20. The molecule has 82 valence electrons. The van der Waals surface area contributed by atoms with Gasteiger partial charge in [-0.3, -0.25) is 0 Å². The summed E-state index contributed by atoms with van der Waals surface area (Å²) in [7, 11) is 0. The minimum absolute atomic E-state index is 0.689. The van der Waals surface area contributed by atoms with Crippen molar-refractivity contribution in [2.75, 3.05) is 6.54 Å². The fourth-order valence-electron chi connectivity index (χ4n) is 2.18. The molecular weight excluding hydrogens is 250 g/mol. The summed E-state index contributed by atoms with van der Waals surface area (Å²) in [4.78, 5) is 0. The van der Waals surface area contributed by atoms with Crippen molar-refractivity contribution < 1.29 is 0 Å². The van der Waals surface area contributed by atoms with E-state index in [-0.39, 0.29) is 0 Å². The number of rotatable bonds is 2. The molecule has 1 aromatic rings. The van der Waals surface area contributed by atoms with E-state index in [1.807, 2.05) is 0 Å². The first-order valence-corrected chi connectivity index (χ1v) is 6.62. The Morgan fingerprint density at radius 1 is 1.13 bits per heavy atom. The third-order valence-corrected chi connectivity index (χ3v) is 3.59. The van der Waals surface area contributed by atoms with Crippen LogP contribution in [0.2, 0.25) is 0 Å². The van der Waals surface area contributed by atoms with Crippen molar-refractivity contribution in [3.05, 3.63) is 34.3 Å². The third-order valence-electron chi connectivity index (χ3n) is 3.06. The fraction of sp³-hybridized carbons (Fsp3) is 0.538. The van der Waals surface area contributed by atoms with E-state index in [0.717, 1.165) is 0 Å². The highest BCUT2D eigenvalue weighted by Gasteiger charge is 2.11. The molecule has 15 heavy (non-hydrogen) atoms. The van der Waals surface area contributed by atoms with Gasteiger partial charge in [-0.05, 0) is 43.5 Å². The molecule has 0 spiro atoms. The lowest BCUT2D eigenvalue weighted by molar-refractivity contribution is 0.507. The summed E-state index contributed by atoms with van der Waals surface area (Å²) in [6, 6.07) is 9.39. The van der Waals surface area contributed by atoms with Crippen molar-refractivity contribution in [2.45, 2.75) is 38.1 Å². The van der Waals surface area contributed by atoms with Crippen LogP contribution in [0.25, 0.3) is 0 Å². The molecule has 0 saturated carbocycles. The first kappa shape index (κ1) is 11.2. The maximum Gasteiger partial charge on any atom is 0.0175 e. The van der Waals surface area contributed by atoms with Crippen molar-refractivity contribution in [3.8, 4) is 0 Å². The van der Waals surface area contributed by atoms with E-state index in [1.165, 1.54) is 48.7 Å². The molecule has 1 aromatic carbocycles. The highest BCUT2D eigenvalue weighted by atomic mass is 79.9. The summed E-state index contributed by atoms with van der Waals surface area (Å²) in [5.74, 6) is 0. The van der Waals surface area contributed by atoms with E-state index in [9.17, 15) is 0 Å². The second-order valence-electron chi connectivity index (χ2n) is 4.33. The molecule has 1 aliphatic rings. The number of benzene rings is 1. The van der Waals surface area contributed by atoms with Crippen LogP contribution in [-0.4, -0.2) is 12.6 Å². The Bertz CT molecular complexity index is 286. The molecular formula is C13H18BrN. The summed E-state index contributed by atoms with van der Waals surface area (Å²) in [5.41, 5.74) is 1.44. The highest BCUT2D eigenvalue weighted by molar-refractivity contribution is 9.10. The largest absolute Gasteiger partial charge is 0.314 e. The van der Waals surface area contributed by atoms with E-state index in [0.29, 0.717) is 6.04 Å². The predicted molar refractivity (Wildman–Crippen MR) is 68.1 cm³/mol. The second-order valence-corrected chi connectivity index (χ2v) is 5.25. The summed E-state index contributed by atoms with van der Waals surface area (Å²) < 4.78 is 1.17. The molecule has 0 amide bonds. The van der Waals surface area contributed by atoms with Crippen molar-refractivity contribution in [1.82, 2.24) is 5.32 Å². The lowest BCUT2D eigenvalue weighted by Gasteiger charge is -2.15. The third kappa shape index (κ3) is 3.62. The van der Waals surface area contributed by atoms with Gasteiger partial charge in [-0.1, -0.05) is 40.9 Å². The van der Waals surface area contributed by atoms with Crippen molar-refractivity contribution in [1.29, 1.82) is 0 Å². The topological polar surface area (TPSA) is 12.0 Å². The molecule has 1 saturated heterocycles. The van der Waals surface area contributed by atoms with Gasteiger partial charge in [-0.25, -0.2) is 0 Å². The molecule has 0 aromatic heterocycles. The van der Waals surface area contributed by atoms with Crippen LogP contribution in [0.3, 0.4) is 0 Å². The zero-order chi connectivity index (χ0) is 10.5. The quantitative estimate of drug-likeness (QED) is 0.865. The molecule has 2 heteroatoms. The molecule has 1 heterocycles. The van der Waals surface area contributed by atoms with E-state index < -0.39 is 0 Å². The lowest BCUT2D eigenvalue weighted by Crippen LogP contribution is -2.30. The molecule has 1 aliphatic heterocycles. The fourth-order valence-corrected chi connectivity index (χ4v) is 2.44. The van der Waals surface area contributed by atoms with E-state index in [2.05, 4.69) is 45.5 Å². The number of halogens is 1. The number of hydrogen-bond acceptors (Lipinski definition) is 1. The zero-order valence-corrected chi connectivity index (χ0v) is 10.6. The SMILES string of the molecule is Brc1ccc(CC2CCCCCN2)cc1. The molecule has 0 radical (unpaired) electrons. The lowest BCUT2D eigenvalue weighted by atomic mass is 10.0. The monoisotopic (exact) mass is 267 g/mol. The van der Waals surface area contributed by atoms with E-state index in [4.69, 9.17) is 0 Å². The highest BCUT2D eigenvalue weighted by Crippen LogP contribution is 2.15. The summed E-state index contributed by atoms with van der Waals surface area (Å²) >= 11 is 3.47. The minimum atomic E-state index is 0.689. The smallest absolute Gasteiger partial charge is 0.0175 e. The van der Waals surface area contributed by atoms with Crippen LogP contribution in [0.15, 0.2) is 28.7 Å². The van der Waals surface area contributed by atoms with Crippen LogP contribution in [-0.2, 0) is 6.42 Å². The normalized spacial score (nSPS) is 22.3. The molecule has 1 nitrogen and oxygen atoms in total. The van der Waals surface area contributed by atoms with Gasteiger partial charge in [0.2, 0.25) is 0 Å². The summed E-state index contributed by atoms with van der Waals surface area (Å²) in [5, 5.41) is 3.63. The molecule has 0 bridgehead atoms. The number of hydrogen-bond donors (Lipinski definition) is 1. The second kappa shape index (κ2) is 5.66. The maximum absolute atomic E-state index is 3.63. The Morgan fingerprint density at radius 2 is 1.93 bits per heavy atom. The minimum Gasteiger partial charge on any atom is -0.314 e. The Morgan fingerprint density at radius 3 is 2.73 bits per heavy atom. The Balaban J connectivity index is 1.92. The van der Waals surface area contributed by atoms with Crippen LogP contribution in [0.5, 0.6) is 0 Å². The van der Waals surface area contributed by atoms with Crippen LogP contribution in [0, 0.1) is 0 Å². The molecule has 1 fully saturated rings. The maximum atomic E-state index is 3.63. The molecule has 0 aliphatic carbocycles. The molecule has 1 unspecified atom stereocenters. The predicted octanol–water partition coefficient (Wildman–Crippen LogP) is 3.52. The van der Waals surface area contributed by atoms with Crippen LogP contribution < -0.4 is 5.32 Å². The van der Waals surface area contributed by atoms with Crippen LogP contribution >= 0.6 is 15.9 Å². The molecule has 2 rings (SSSR count). The molecule has 1 atom stereocenters. The van der Waals surface area contributed by atoms with Crippen LogP contribution in [0.1, 0.15) is 31.2 Å². The van der Waals surface area contributed by atoms with Gasteiger partial charge in [0.15, 0.2) is 0 Å². The Kier molecular flexibility index (Phi) is 4.21. The van der Waals surface area contributed by atoms with Gasteiger partial charge in [-0.15, -0.1) is 0 Å². The van der Waals surface area contributed by atoms with E-state index in [1.54, 1.807) is 0 Å². The van der Waals surface area contributed by atoms with Gasteiger partial charge in [0.05, 0.1) is 0 Å². The molecule has 1 N–H and O–H groups in total. The van der Waals surface area contributed by atoms with Gasteiger partial charge in [-0.2, -0.15) is 0 Å². The van der Waals surface area contributed by atoms with Gasteiger partial charge in [0.25, 0.3) is 0 Å². The Hall–Kier alpha value is -0.340. The standard InChI is InChI=1S/C13H18BrN/c14-12-7-5-11(6-8-12)10-13-4-2-1-3-9-15-13/h5-8,13,15H,1-4,9-10H2. The van der Waals surface area contributed by atoms with Gasteiger partial charge in [0, 0.05) is 10.5 Å². The zero-order valence-electron chi connectivity index (χ0n) is 9.01. The van der Waals surface area contributed by atoms with Crippen molar-refractivity contribution >= 4 is 15.9 Å². The van der Waals surface area contributed by atoms with Gasteiger partial charge in [0.1, 0.15) is 0 Å².